The maximum Gasteiger partial charge on any atom is 0.134 e. The third-order valence-electron chi connectivity index (χ3n) is 4.47. The molecule has 0 radical (unpaired) electrons. The summed E-state index contributed by atoms with van der Waals surface area (Å²) >= 11 is 0. The Bertz CT molecular complexity index is 624. The van der Waals surface area contributed by atoms with Gasteiger partial charge < -0.3 is 14.6 Å². The van der Waals surface area contributed by atoms with Crippen LogP contribution in [0.5, 0.6) is 5.75 Å². The average molecular weight is 359 g/mol. The third-order valence-corrected chi connectivity index (χ3v) is 4.47. The lowest BCUT2D eigenvalue weighted by molar-refractivity contribution is 0.304. The van der Waals surface area contributed by atoms with Crippen LogP contribution in [-0.4, -0.2) is 27.9 Å². The molecule has 0 bridgehead atoms. The van der Waals surface area contributed by atoms with Gasteiger partial charge in [-0.2, -0.15) is 0 Å². The highest BCUT2D eigenvalue weighted by atomic mass is 16.5. The number of hydrogen-bond acceptors (Lipinski definition) is 4. The number of nitrogens with one attached hydrogen (secondary N) is 1. The van der Waals surface area contributed by atoms with Crippen LogP contribution in [0.15, 0.2) is 30.6 Å². The molecule has 26 heavy (non-hydrogen) atoms. The molecule has 0 atom stereocenters. The lowest BCUT2D eigenvalue weighted by Crippen LogP contribution is -2.19. The van der Waals surface area contributed by atoms with Gasteiger partial charge in [0.05, 0.1) is 6.61 Å². The molecule has 0 aliphatic rings. The van der Waals surface area contributed by atoms with E-state index in [9.17, 15) is 0 Å². The zero-order chi connectivity index (χ0) is 18.6. The number of benzene rings is 1. The van der Waals surface area contributed by atoms with Crippen molar-refractivity contribution in [3.05, 3.63) is 42.0 Å². The van der Waals surface area contributed by atoms with Crippen LogP contribution in [-0.2, 0) is 13.0 Å². The van der Waals surface area contributed by atoms with Crippen LogP contribution in [0.2, 0.25) is 0 Å². The van der Waals surface area contributed by atoms with E-state index < -0.39 is 0 Å². The molecule has 1 heterocycles. The fraction of sp³-hybridized carbons (Fsp3) is 0.619. The first-order chi connectivity index (χ1) is 12.7. The van der Waals surface area contributed by atoms with E-state index in [1.54, 1.807) is 0 Å². The fourth-order valence-electron chi connectivity index (χ4n) is 2.95. The molecule has 0 saturated carbocycles. The lowest BCUT2D eigenvalue weighted by Gasteiger charge is -2.11. The minimum absolute atomic E-state index is 0.399. The molecule has 0 unspecified atom stereocenters. The van der Waals surface area contributed by atoms with Gasteiger partial charge in [0.25, 0.3) is 0 Å². The van der Waals surface area contributed by atoms with Gasteiger partial charge in [-0.25, -0.2) is 0 Å². The van der Waals surface area contributed by atoms with Crippen molar-refractivity contribution in [3.63, 3.8) is 0 Å². The van der Waals surface area contributed by atoms with Crippen molar-refractivity contribution in [1.29, 1.82) is 0 Å². The van der Waals surface area contributed by atoms with E-state index in [0.717, 1.165) is 44.1 Å². The van der Waals surface area contributed by atoms with E-state index in [2.05, 4.69) is 59.1 Å². The van der Waals surface area contributed by atoms with Gasteiger partial charge >= 0.3 is 0 Å². The number of unbranched alkanes of at least 4 members (excludes halogenated alkanes) is 4. The SMILES string of the molecule is CCCCCCCOc1cccc(CNCCc2nncn2C(C)C)c1. The monoisotopic (exact) mass is 358 g/mol. The summed E-state index contributed by atoms with van der Waals surface area (Å²) < 4.78 is 8.01. The molecular formula is C21H34N4O. The summed E-state index contributed by atoms with van der Waals surface area (Å²) in [6.07, 6.45) is 9.01. The van der Waals surface area contributed by atoms with Crippen molar-refractivity contribution >= 4 is 0 Å². The molecule has 1 aromatic heterocycles. The second kappa shape index (κ2) is 11.7. The minimum Gasteiger partial charge on any atom is -0.494 e. The van der Waals surface area contributed by atoms with Crippen molar-refractivity contribution < 1.29 is 4.74 Å². The highest BCUT2D eigenvalue weighted by Crippen LogP contribution is 2.14. The Morgan fingerprint density at radius 3 is 2.81 bits per heavy atom. The fourth-order valence-corrected chi connectivity index (χ4v) is 2.95. The van der Waals surface area contributed by atoms with Gasteiger partial charge in [0, 0.05) is 25.6 Å². The van der Waals surface area contributed by atoms with Gasteiger partial charge in [0.15, 0.2) is 0 Å². The maximum absolute atomic E-state index is 5.88. The molecule has 0 aliphatic carbocycles. The Balaban J connectivity index is 1.67. The Kier molecular flexibility index (Phi) is 9.18. The van der Waals surface area contributed by atoms with Crippen molar-refractivity contribution in [3.8, 4) is 5.75 Å². The lowest BCUT2D eigenvalue weighted by atomic mass is 10.2. The number of aromatic nitrogens is 3. The van der Waals surface area contributed by atoms with Gasteiger partial charge in [-0.3, -0.25) is 0 Å². The number of hydrogen-bond donors (Lipinski definition) is 1. The maximum atomic E-state index is 5.88. The largest absolute Gasteiger partial charge is 0.494 e. The first-order valence-corrected chi connectivity index (χ1v) is 10.0. The standard InChI is InChI=1S/C21H34N4O/c1-4-5-6-7-8-14-26-20-11-9-10-19(15-20)16-22-13-12-21-24-23-17-25(21)18(2)3/h9-11,15,17-18,22H,4-8,12-14,16H2,1-3H3. The minimum atomic E-state index is 0.399. The zero-order valence-corrected chi connectivity index (χ0v) is 16.6. The first kappa shape index (κ1) is 20.4. The van der Waals surface area contributed by atoms with Gasteiger partial charge in [-0.05, 0) is 38.0 Å². The van der Waals surface area contributed by atoms with E-state index in [0.29, 0.717) is 6.04 Å². The second-order valence-corrected chi connectivity index (χ2v) is 7.09. The molecular weight excluding hydrogens is 324 g/mol. The molecule has 5 nitrogen and oxygen atoms in total. The van der Waals surface area contributed by atoms with E-state index >= 15 is 0 Å². The Morgan fingerprint density at radius 1 is 1.15 bits per heavy atom. The van der Waals surface area contributed by atoms with Crippen molar-refractivity contribution in [2.75, 3.05) is 13.2 Å². The van der Waals surface area contributed by atoms with Gasteiger partial charge in [0.1, 0.15) is 17.9 Å². The van der Waals surface area contributed by atoms with Crippen molar-refractivity contribution in [2.24, 2.45) is 0 Å². The van der Waals surface area contributed by atoms with Gasteiger partial charge in [0.2, 0.25) is 0 Å². The molecule has 1 N–H and O–H groups in total. The summed E-state index contributed by atoms with van der Waals surface area (Å²) in [5.74, 6) is 2.01. The van der Waals surface area contributed by atoms with Gasteiger partial charge in [-0.1, -0.05) is 44.7 Å². The molecule has 0 spiro atoms. The van der Waals surface area contributed by atoms with Crippen LogP contribution in [0.1, 0.15) is 70.3 Å². The van der Waals surface area contributed by atoms with Crippen LogP contribution >= 0.6 is 0 Å². The molecule has 0 aliphatic heterocycles. The zero-order valence-electron chi connectivity index (χ0n) is 16.6. The molecule has 1 aromatic carbocycles. The predicted molar refractivity (Wildman–Crippen MR) is 107 cm³/mol. The summed E-state index contributed by atoms with van der Waals surface area (Å²) in [5.41, 5.74) is 1.25. The Morgan fingerprint density at radius 2 is 2.00 bits per heavy atom. The molecule has 0 fully saturated rings. The summed E-state index contributed by atoms with van der Waals surface area (Å²) in [7, 11) is 0. The first-order valence-electron chi connectivity index (χ1n) is 10.0. The van der Waals surface area contributed by atoms with Crippen molar-refractivity contribution in [2.45, 2.75) is 71.9 Å². The summed E-state index contributed by atoms with van der Waals surface area (Å²) in [5, 5.41) is 11.7. The highest BCUT2D eigenvalue weighted by molar-refractivity contribution is 5.28. The smallest absolute Gasteiger partial charge is 0.134 e. The molecule has 0 amide bonds. The molecule has 144 valence electrons. The Labute approximate surface area is 158 Å². The highest BCUT2D eigenvalue weighted by Gasteiger charge is 2.06. The van der Waals surface area contributed by atoms with Crippen LogP contribution in [0, 0.1) is 0 Å². The van der Waals surface area contributed by atoms with Gasteiger partial charge in [-0.15, -0.1) is 10.2 Å². The third kappa shape index (κ3) is 7.16. The predicted octanol–water partition coefficient (Wildman–Crippen LogP) is 4.54. The van der Waals surface area contributed by atoms with Crippen LogP contribution < -0.4 is 10.1 Å². The number of rotatable bonds is 13. The van der Waals surface area contributed by atoms with E-state index in [1.165, 1.54) is 31.2 Å². The molecule has 5 heteroatoms. The number of nitrogens with zero attached hydrogens (tertiary/aromatic N) is 3. The molecule has 0 saturated heterocycles. The van der Waals surface area contributed by atoms with Crippen LogP contribution in [0.3, 0.4) is 0 Å². The average Bonchev–Trinajstić information content (AvgIpc) is 3.11. The van der Waals surface area contributed by atoms with E-state index in [-0.39, 0.29) is 0 Å². The summed E-state index contributed by atoms with van der Waals surface area (Å²) in [6.45, 7) is 9.07. The summed E-state index contributed by atoms with van der Waals surface area (Å²) in [4.78, 5) is 0. The topological polar surface area (TPSA) is 52.0 Å². The Hall–Kier alpha value is -1.88. The quantitative estimate of drug-likeness (QED) is 0.534. The van der Waals surface area contributed by atoms with Crippen LogP contribution in [0.25, 0.3) is 0 Å². The second-order valence-electron chi connectivity index (χ2n) is 7.09. The molecule has 2 rings (SSSR count). The number of ether oxygens (including phenoxy) is 1. The normalized spacial score (nSPS) is 11.2. The summed E-state index contributed by atoms with van der Waals surface area (Å²) in [6, 6.07) is 8.78. The van der Waals surface area contributed by atoms with E-state index in [4.69, 9.17) is 4.74 Å². The van der Waals surface area contributed by atoms with E-state index in [1.807, 2.05) is 12.4 Å². The molecule has 2 aromatic rings. The van der Waals surface area contributed by atoms with Crippen LogP contribution in [0.4, 0.5) is 0 Å². The van der Waals surface area contributed by atoms with Crippen molar-refractivity contribution in [1.82, 2.24) is 20.1 Å².